The Balaban J connectivity index is 1.65. The van der Waals surface area contributed by atoms with Crippen molar-refractivity contribution in [1.82, 2.24) is 0 Å². The Morgan fingerprint density at radius 3 is 1.46 bits per heavy atom. The summed E-state index contributed by atoms with van der Waals surface area (Å²) >= 11 is 0. The monoisotopic (exact) mass is 362 g/mol. The number of rotatable bonds is 1. The Bertz CT molecular complexity index is 1240. The zero-order valence-electron chi connectivity index (χ0n) is 15.1. The molecule has 0 aromatic heterocycles. The Hall–Kier alpha value is -3.52. The molecule has 0 saturated heterocycles. The van der Waals surface area contributed by atoms with Gasteiger partial charge in [-0.1, -0.05) is 72.8 Å². The standard InChI is InChI=1S/C26H18O2/c27-21-13-9-17-5-1-3-15-7-11-19(25(21)23(15)17)20-12-8-16-4-2-6-18-10-14-22(28)26(20)24(16)18/h1-14,19-20,27-28H. The van der Waals surface area contributed by atoms with Gasteiger partial charge in [0.25, 0.3) is 0 Å². The molecule has 0 fully saturated rings. The van der Waals surface area contributed by atoms with Gasteiger partial charge >= 0.3 is 0 Å². The predicted octanol–water partition coefficient (Wildman–Crippen LogP) is 6.33. The van der Waals surface area contributed by atoms with Crippen LogP contribution in [0.3, 0.4) is 0 Å². The average molecular weight is 362 g/mol. The molecule has 2 atom stereocenters. The van der Waals surface area contributed by atoms with Crippen molar-refractivity contribution in [3.63, 3.8) is 0 Å². The van der Waals surface area contributed by atoms with Crippen molar-refractivity contribution in [2.45, 2.75) is 11.8 Å². The number of aromatic hydroxyl groups is 2. The van der Waals surface area contributed by atoms with Crippen molar-refractivity contribution in [2.24, 2.45) is 0 Å². The van der Waals surface area contributed by atoms with Gasteiger partial charge in [0.2, 0.25) is 0 Å². The molecule has 0 amide bonds. The van der Waals surface area contributed by atoms with Crippen LogP contribution in [0.5, 0.6) is 11.5 Å². The van der Waals surface area contributed by atoms with Crippen molar-refractivity contribution >= 4 is 33.7 Å². The number of hydrogen-bond acceptors (Lipinski definition) is 2. The number of phenolic OH excluding ortho intramolecular Hbond substituents is 2. The molecular formula is C26H18O2. The Labute approximate surface area is 162 Å². The number of benzene rings is 4. The van der Waals surface area contributed by atoms with Gasteiger partial charge in [-0.3, -0.25) is 0 Å². The third-order valence-electron chi connectivity index (χ3n) is 6.21. The zero-order valence-corrected chi connectivity index (χ0v) is 15.1. The molecule has 28 heavy (non-hydrogen) atoms. The van der Waals surface area contributed by atoms with E-state index in [-0.39, 0.29) is 11.8 Å². The second-order valence-corrected chi connectivity index (χ2v) is 7.66. The lowest BCUT2D eigenvalue weighted by molar-refractivity contribution is 0.456. The summed E-state index contributed by atoms with van der Waals surface area (Å²) in [6.45, 7) is 0. The van der Waals surface area contributed by atoms with Crippen LogP contribution in [-0.4, -0.2) is 10.2 Å². The first-order valence-electron chi connectivity index (χ1n) is 9.58. The van der Waals surface area contributed by atoms with Crippen LogP contribution in [0, 0.1) is 0 Å². The lowest BCUT2D eigenvalue weighted by Gasteiger charge is -2.31. The third-order valence-corrected chi connectivity index (χ3v) is 6.21. The van der Waals surface area contributed by atoms with E-state index in [1.807, 2.05) is 24.3 Å². The van der Waals surface area contributed by atoms with Crippen molar-refractivity contribution in [3.05, 3.63) is 95.1 Å². The summed E-state index contributed by atoms with van der Waals surface area (Å²) in [5, 5.41) is 26.1. The topological polar surface area (TPSA) is 40.5 Å². The highest BCUT2D eigenvalue weighted by molar-refractivity contribution is 6.00. The summed E-state index contributed by atoms with van der Waals surface area (Å²) in [7, 11) is 0. The Morgan fingerprint density at radius 2 is 1.00 bits per heavy atom. The molecule has 0 saturated carbocycles. The van der Waals surface area contributed by atoms with Gasteiger partial charge in [0.05, 0.1) is 0 Å². The lowest BCUT2D eigenvalue weighted by Crippen LogP contribution is -2.13. The maximum absolute atomic E-state index is 10.8. The smallest absolute Gasteiger partial charge is 0.120 e. The van der Waals surface area contributed by atoms with Gasteiger partial charge in [-0.05, 0) is 44.8 Å². The van der Waals surface area contributed by atoms with Gasteiger partial charge in [0.15, 0.2) is 0 Å². The molecule has 6 rings (SSSR count). The fourth-order valence-corrected chi connectivity index (χ4v) is 5.01. The predicted molar refractivity (Wildman–Crippen MR) is 115 cm³/mol. The first-order valence-corrected chi connectivity index (χ1v) is 9.58. The molecular weight excluding hydrogens is 344 g/mol. The summed E-state index contributed by atoms with van der Waals surface area (Å²) in [6, 6.07) is 20.0. The highest BCUT2D eigenvalue weighted by atomic mass is 16.3. The number of allylic oxidation sites excluding steroid dienone is 2. The highest BCUT2D eigenvalue weighted by Gasteiger charge is 2.32. The van der Waals surface area contributed by atoms with Crippen molar-refractivity contribution in [1.29, 1.82) is 0 Å². The lowest BCUT2D eigenvalue weighted by atomic mass is 9.72. The molecule has 2 heteroatoms. The number of hydrogen-bond donors (Lipinski definition) is 2. The average Bonchev–Trinajstić information content (AvgIpc) is 2.73. The molecule has 134 valence electrons. The molecule has 2 nitrogen and oxygen atoms in total. The SMILES string of the molecule is Oc1ccc2cccc3c2c1C(C1C=Cc2cccc4ccc(O)c1c24)C=C3. The van der Waals surface area contributed by atoms with E-state index in [0.717, 1.165) is 43.8 Å². The molecule has 0 heterocycles. The van der Waals surface area contributed by atoms with E-state index >= 15 is 0 Å². The van der Waals surface area contributed by atoms with Crippen LogP contribution in [-0.2, 0) is 0 Å². The molecule has 4 aromatic carbocycles. The fourth-order valence-electron chi connectivity index (χ4n) is 5.01. The van der Waals surface area contributed by atoms with Gasteiger partial charge < -0.3 is 10.2 Å². The first kappa shape index (κ1) is 15.5. The summed E-state index contributed by atoms with van der Waals surface area (Å²) in [6.07, 6.45) is 8.62. The zero-order chi connectivity index (χ0) is 18.8. The molecule has 2 aliphatic carbocycles. The molecule has 0 bridgehead atoms. The Morgan fingerprint density at radius 1 is 0.536 bits per heavy atom. The van der Waals surface area contributed by atoms with E-state index in [4.69, 9.17) is 0 Å². The van der Waals surface area contributed by atoms with Gasteiger partial charge in [0, 0.05) is 23.0 Å². The number of phenols is 2. The fraction of sp³-hybridized carbons (Fsp3) is 0.0769. The summed E-state index contributed by atoms with van der Waals surface area (Å²) in [5.41, 5.74) is 4.15. The normalized spacial score (nSPS) is 19.4. The molecule has 2 N–H and O–H groups in total. The van der Waals surface area contributed by atoms with Crippen molar-refractivity contribution in [3.8, 4) is 11.5 Å². The van der Waals surface area contributed by atoms with E-state index < -0.39 is 0 Å². The molecule has 2 unspecified atom stereocenters. The van der Waals surface area contributed by atoms with Crippen LogP contribution in [0.1, 0.15) is 34.1 Å². The van der Waals surface area contributed by atoms with Crippen LogP contribution in [0.2, 0.25) is 0 Å². The largest absolute Gasteiger partial charge is 0.508 e. The molecule has 0 aliphatic heterocycles. The third kappa shape index (κ3) is 1.97. The summed E-state index contributed by atoms with van der Waals surface area (Å²) in [5.74, 6) is 0.542. The minimum absolute atomic E-state index is 0.0419. The first-order chi connectivity index (χ1) is 13.7. The minimum atomic E-state index is -0.0419. The molecule has 0 spiro atoms. The summed E-state index contributed by atoms with van der Waals surface area (Å²) in [4.78, 5) is 0. The van der Waals surface area contributed by atoms with Crippen LogP contribution in [0.25, 0.3) is 33.7 Å². The summed E-state index contributed by atoms with van der Waals surface area (Å²) < 4.78 is 0. The minimum Gasteiger partial charge on any atom is -0.508 e. The molecule has 4 aromatic rings. The van der Waals surface area contributed by atoms with Gasteiger partial charge in [-0.25, -0.2) is 0 Å². The molecule has 2 aliphatic rings. The van der Waals surface area contributed by atoms with E-state index in [0.29, 0.717) is 11.5 Å². The van der Waals surface area contributed by atoms with Crippen LogP contribution in [0.15, 0.2) is 72.8 Å². The van der Waals surface area contributed by atoms with Gasteiger partial charge in [0.1, 0.15) is 11.5 Å². The second-order valence-electron chi connectivity index (χ2n) is 7.66. The van der Waals surface area contributed by atoms with E-state index in [1.165, 1.54) is 0 Å². The van der Waals surface area contributed by atoms with Gasteiger partial charge in [-0.15, -0.1) is 0 Å². The maximum atomic E-state index is 10.8. The van der Waals surface area contributed by atoms with Crippen LogP contribution < -0.4 is 0 Å². The van der Waals surface area contributed by atoms with E-state index in [9.17, 15) is 10.2 Å². The van der Waals surface area contributed by atoms with E-state index in [1.54, 1.807) is 12.1 Å². The molecule has 0 radical (unpaired) electrons. The highest BCUT2D eigenvalue weighted by Crippen LogP contribution is 2.51. The van der Waals surface area contributed by atoms with Crippen molar-refractivity contribution in [2.75, 3.05) is 0 Å². The van der Waals surface area contributed by atoms with Crippen LogP contribution >= 0.6 is 0 Å². The Kier molecular flexibility index (Phi) is 3.05. The van der Waals surface area contributed by atoms with Gasteiger partial charge in [-0.2, -0.15) is 0 Å². The van der Waals surface area contributed by atoms with Crippen LogP contribution in [0.4, 0.5) is 0 Å². The van der Waals surface area contributed by atoms with Crippen molar-refractivity contribution < 1.29 is 10.2 Å². The van der Waals surface area contributed by atoms with E-state index in [2.05, 4.69) is 48.6 Å². The quantitative estimate of drug-likeness (QED) is 0.416. The second kappa shape index (κ2) is 5.49. The maximum Gasteiger partial charge on any atom is 0.120 e.